The van der Waals surface area contributed by atoms with Crippen molar-refractivity contribution in [1.29, 1.82) is 0 Å². The van der Waals surface area contributed by atoms with Crippen molar-refractivity contribution >= 4 is 22.8 Å². The summed E-state index contributed by atoms with van der Waals surface area (Å²) in [5.74, 6) is -3.66. The lowest BCUT2D eigenvalue weighted by atomic mass is 9.88. The van der Waals surface area contributed by atoms with E-state index in [0.29, 0.717) is 37.6 Å². The Morgan fingerprint density at radius 3 is 2.53 bits per heavy atom. The lowest BCUT2D eigenvalue weighted by Crippen LogP contribution is -2.63. The van der Waals surface area contributed by atoms with E-state index >= 15 is 0 Å². The van der Waals surface area contributed by atoms with Gasteiger partial charge >= 0.3 is 12.1 Å². The van der Waals surface area contributed by atoms with Gasteiger partial charge in [-0.3, -0.25) is 14.3 Å². The number of likely N-dealkylation sites (tertiary alicyclic amines) is 1. The van der Waals surface area contributed by atoms with E-state index in [2.05, 4.69) is 5.10 Å². The maximum absolute atomic E-state index is 13.8. The third kappa shape index (κ3) is 3.62. The summed E-state index contributed by atoms with van der Waals surface area (Å²) >= 11 is 0. The highest BCUT2D eigenvalue weighted by molar-refractivity contribution is 6.04. The molecule has 4 rings (SSSR count). The minimum absolute atomic E-state index is 0.0668. The highest BCUT2D eigenvalue weighted by Crippen LogP contribution is 2.39. The number of hydrogen-bond donors (Lipinski definition) is 1. The molecule has 2 fully saturated rings. The van der Waals surface area contributed by atoms with Crippen LogP contribution in [0.4, 0.5) is 17.6 Å². The summed E-state index contributed by atoms with van der Waals surface area (Å²) in [6, 6.07) is 1.65. The van der Waals surface area contributed by atoms with Crippen LogP contribution in [0.3, 0.4) is 0 Å². The van der Waals surface area contributed by atoms with Crippen molar-refractivity contribution in [2.24, 2.45) is 5.73 Å². The minimum atomic E-state index is -5.07. The van der Waals surface area contributed by atoms with Crippen LogP contribution in [0.1, 0.15) is 48.5 Å². The number of quaternary nitrogens is 1. The van der Waals surface area contributed by atoms with E-state index in [0.717, 1.165) is 12.5 Å². The standard InChI is InChI=1S/C19H20F4N4O3/c20-12-7-11-9-26(25-16(11)15(8-12)17(24)28)13-3-2-6-27(10-13,14-4-1-5-14)30-18(29)19(21,22)23/h7-9,13-14H,1-6,10H2,(H-,24,28)/p+1. The van der Waals surface area contributed by atoms with Gasteiger partial charge in [0.1, 0.15) is 36.5 Å². The average molecular weight is 429 g/mol. The summed E-state index contributed by atoms with van der Waals surface area (Å²) in [5.41, 5.74) is 5.48. The average Bonchev–Trinajstić information content (AvgIpc) is 3.02. The number of hydroxylamine groups is 3. The molecule has 1 aliphatic heterocycles. The first-order chi connectivity index (χ1) is 14.1. The number of primary amides is 1. The van der Waals surface area contributed by atoms with Gasteiger partial charge in [-0.15, -0.1) is 4.65 Å². The molecule has 2 atom stereocenters. The third-order valence-corrected chi connectivity index (χ3v) is 6.06. The summed E-state index contributed by atoms with van der Waals surface area (Å²) in [7, 11) is 0. The van der Waals surface area contributed by atoms with Gasteiger partial charge < -0.3 is 5.73 Å². The number of amides is 1. The quantitative estimate of drug-likeness (QED) is 0.598. The van der Waals surface area contributed by atoms with E-state index in [-0.39, 0.29) is 29.7 Å². The lowest BCUT2D eigenvalue weighted by Gasteiger charge is -2.48. The molecular formula is C19H21F4N4O3+. The maximum Gasteiger partial charge on any atom is 0.497 e. The molecule has 1 amide bonds. The Balaban J connectivity index is 1.67. The van der Waals surface area contributed by atoms with Gasteiger partial charge in [-0.2, -0.15) is 18.3 Å². The third-order valence-electron chi connectivity index (χ3n) is 6.06. The van der Waals surface area contributed by atoms with Crippen LogP contribution < -0.4 is 5.73 Å². The van der Waals surface area contributed by atoms with Crippen LogP contribution in [0.15, 0.2) is 18.3 Å². The Bertz CT molecular complexity index is 1000. The zero-order chi connectivity index (χ0) is 21.7. The van der Waals surface area contributed by atoms with Crippen molar-refractivity contribution in [2.45, 2.75) is 50.4 Å². The van der Waals surface area contributed by atoms with E-state index in [9.17, 15) is 27.2 Å². The lowest BCUT2D eigenvalue weighted by molar-refractivity contribution is -1.12. The summed E-state index contributed by atoms with van der Waals surface area (Å²) in [4.78, 5) is 28.3. The van der Waals surface area contributed by atoms with Gasteiger partial charge in [0.25, 0.3) is 5.91 Å². The normalized spacial score (nSPS) is 25.1. The first-order valence-electron chi connectivity index (χ1n) is 9.75. The summed E-state index contributed by atoms with van der Waals surface area (Å²) < 4.78 is 53.6. The van der Waals surface area contributed by atoms with Crippen LogP contribution in [-0.2, 0) is 9.63 Å². The van der Waals surface area contributed by atoms with Crippen LogP contribution in [-0.4, -0.2) is 51.6 Å². The molecule has 1 aromatic heterocycles. The number of alkyl halides is 3. The number of nitrogens with zero attached hydrogens (tertiary/aromatic N) is 3. The van der Waals surface area contributed by atoms with Crippen molar-refractivity contribution in [3.8, 4) is 0 Å². The monoisotopic (exact) mass is 429 g/mol. The Kier molecular flexibility index (Phi) is 4.95. The molecule has 2 aliphatic rings. The zero-order valence-corrected chi connectivity index (χ0v) is 16.0. The molecule has 1 saturated carbocycles. The first kappa shape index (κ1) is 20.6. The molecule has 0 radical (unpaired) electrons. The second kappa shape index (κ2) is 7.22. The zero-order valence-electron chi connectivity index (χ0n) is 16.0. The maximum atomic E-state index is 13.8. The number of rotatable bonds is 4. The van der Waals surface area contributed by atoms with Crippen LogP contribution in [0.5, 0.6) is 0 Å². The summed E-state index contributed by atoms with van der Waals surface area (Å²) in [6.45, 7) is 0.416. The smallest absolute Gasteiger partial charge is 0.366 e. The molecule has 0 bridgehead atoms. The molecule has 2 N–H and O–H groups in total. The van der Waals surface area contributed by atoms with Crippen LogP contribution in [0.2, 0.25) is 0 Å². The second-order valence-electron chi connectivity index (χ2n) is 7.98. The van der Waals surface area contributed by atoms with E-state index < -0.39 is 28.5 Å². The molecule has 0 spiro atoms. The van der Waals surface area contributed by atoms with E-state index in [1.807, 2.05) is 0 Å². The Morgan fingerprint density at radius 2 is 1.93 bits per heavy atom. The SMILES string of the molecule is NC(=O)c1cc(F)cc2cn(C3CCC[N+](OC(=O)C(F)(F)F)(C4CCC4)C3)nc12. The number of hydrogen-bond acceptors (Lipinski definition) is 4. The van der Waals surface area contributed by atoms with Gasteiger partial charge in [0, 0.05) is 30.8 Å². The molecule has 1 aromatic carbocycles. The number of fused-ring (bicyclic) bond motifs is 1. The fourth-order valence-corrected chi connectivity index (χ4v) is 4.41. The van der Waals surface area contributed by atoms with Gasteiger partial charge in [-0.25, -0.2) is 9.18 Å². The van der Waals surface area contributed by atoms with Gasteiger partial charge in [-0.05, 0) is 25.0 Å². The van der Waals surface area contributed by atoms with Crippen molar-refractivity contribution < 1.29 is 36.6 Å². The number of nitrogens with two attached hydrogens (primary N) is 1. The predicted molar refractivity (Wildman–Crippen MR) is 96.3 cm³/mol. The fourth-order valence-electron chi connectivity index (χ4n) is 4.41. The highest BCUT2D eigenvalue weighted by atomic mass is 19.4. The van der Waals surface area contributed by atoms with Crippen molar-refractivity contribution in [1.82, 2.24) is 9.78 Å². The van der Waals surface area contributed by atoms with Gasteiger partial charge in [-0.1, -0.05) is 0 Å². The van der Waals surface area contributed by atoms with E-state index in [1.54, 1.807) is 6.20 Å². The molecule has 11 heteroatoms. The molecule has 162 valence electrons. The molecule has 2 aromatic rings. The number of carbonyl (C=O) groups is 2. The second-order valence-corrected chi connectivity index (χ2v) is 7.98. The highest BCUT2D eigenvalue weighted by Gasteiger charge is 2.54. The molecule has 7 nitrogen and oxygen atoms in total. The number of carbonyl (C=O) groups excluding carboxylic acids is 2. The first-order valence-corrected chi connectivity index (χ1v) is 9.75. The largest absolute Gasteiger partial charge is 0.497 e. The van der Waals surface area contributed by atoms with Gasteiger partial charge in [0.2, 0.25) is 0 Å². The van der Waals surface area contributed by atoms with Crippen LogP contribution in [0.25, 0.3) is 10.9 Å². The number of halogens is 4. The summed E-state index contributed by atoms with van der Waals surface area (Å²) in [5, 5.41) is 4.74. The molecule has 1 aliphatic carbocycles. The number of benzene rings is 1. The van der Waals surface area contributed by atoms with Gasteiger partial charge in [0.05, 0.1) is 5.56 Å². The summed E-state index contributed by atoms with van der Waals surface area (Å²) in [6.07, 6.45) is -0.186. The van der Waals surface area contributed by atoms with Crippen molar-refractivity contribution in [3.05, 3.63) is 29.7 Å². The fraction of sp³-hybridized carbons (Fsp3) is 0.526. The van der Waals surface area contributed by atoms with E-state index in [4.69, 9.17) is 10.6 Å². The van der Waals surface area contributed by atoms with Crippen LogP contribution >= 0.6 is 0 Å². The minimum Gasteiger partial charge on any atom is -0.366 e. The van der Waals surface area contributed by atoms with Crippen molar-refractivity contribution in [2.75, 3.05) is 13.1 Å². The Hall–Kier alpha value is -2.69. The molecule has 2 unspecified atom stereocenters. The van der Waals surface area contributed by atoms with Crippen molar-refractivity contribution in [3.63, 3.8) is 0 Å². The van der Waals surface area contributed by atoms with Crippen LogP contribution in [0, 0.1) is 5.82 Å². The molecule has 1 saturated heterocycles. The predicted octanol–water partition coefficient (Wildman–Crippen LogP) is 3.00. The number of aromatic nitrogens is 2. The topological polar surface area (TPSA) is 87.2 Å². The Labute approximate surface area is 168 Å². The van der Waals surface area contributed by atoms with Gasteiger partial charge in [0.15, 0.2) is 0 Å². The Morgan fingerprint density at radius 1 is 1.20 bits per heavy atom. The molecular weight excluding hydrogens is 408 g/mol. The molecule has 2 heterocycles. The number of piperidine rings is 1. The molecule has 30 heavy (non-hydrogen) atoms. The van der Waals surface area contributed by atoms with E-state index in [1.165, 1.54) is 10.7 Å².